The predicted molar refractivity (Wildman–Crippen MR) is 112 cm³/mol. The van der Waals surface area contributed by atoms with Crippen LogP contribution in [0, 0.1) is 6.92 Å². The van der Waals surface area contributed by atoms with Gasteiger partial charge in [0.25, 0.3) is 0 Å². The molecule has 0 bridgehead atoms. The molecule has 152 valence electrons. The van der Waals surface area contributed by atoms with Crippen molar-refractivity contribution in [3.05, 3.63) is 59.7 Å². The number of nitrogens with one attached hydrogen (secondary N) is 1. The fourth-order valence-corrected chi connectivity index (χ4v) is 4.43. The number of sulfonamides is 1. The Morgan fingerprint density at radius 3 is 2.54 bits per heavy atom. The van der Waals surface area contributed by atoms with E-state index in [-0.39, 0.29) is 0 Å². The summed E-state index contributed by atoms with van der Waals surface area (Å²) >= 11 is 0. The molecule has 0 unspecified atom stereocenters. The first-order valence-corrected chi connectivity index (χ1v) is 11.5. The van der Waals surface area contributed by atoms with E-state index in [1.807, 2.05) is 31.2 Å². The molecule has 1 N–H and O–H groups in total. The Kier molecular flexibility index (Phi) is 7.48. The third-order valence-electron chi connectivity index (χ3n) is 5.06. The van der Waals surface area contributed by atoms with Crippen molar-refractivity contribution >= 4 is 10.0 Å². The molecule has 0 spiro atoms. The Morgan fingerprint density at radius 2 is 1.79 bits per heavy atom. The first-order valence-electron chi connectivity index (χ1n) is 10.0. The Labute approximate surface area is 168 Å². The minimum absolute atomic E-state index is 0.299. The van der Waals surface area contributed by atoms with Gasteiger partial charge >= 0.3 is 0 Å². The van der Waals surface area contributed by atoms with Crippen LogP contribution in [0.1, 0.15) is 30.4 Å². The number of benzene rings is 2. The summed E-state index contributed by atoms with van der Waals surface area (Å²) in [7, 11) is -3.47. The molecule has 0 aliphatic carbocycles. The van der Waals surface area contributed by atoms with E-state index in [0.29, 0.717) is 24.5 Å². The van der Waals surface area contributed by atoms with Gasteiger partial charge < -0.3 is 4.74 Å². The molecule has 6 heteroatoms. The fraction of sp³-hybridized carbons (Fsp3) is 0.455. The summed E-state index contributed by atoms with van der Waals surface area (Å²) in [4.78, 5) is 2.75. The molecular weight excluding hydrogens is 372 g/mol. The van der Waals surface area contributed by atoms with E-state index in [4.69, 9.17) is 4.74 Å². The van der Waals surface area contributed by atoms with Gasteiger partial charge in [-0.15, -0.1) is 0 Å². The first-order chi connectivity index (χ1) is 13.5. The number of nitrogens with zero attached hydrogens (tertiary/aromatic N) is 1. The maximum Gasteiger partial charge on any atom is 0.240 e. The molecule has 0 radical (unpaired) electrons. The van der Waals surface area contributed by atoms with Crippen molar-refractivity contribution in [3.63, 3.8) is 0 Å². The largest absolute Gasteiger partial charge is 0.492 e. The van der Waals surface area contributed by atoms with Gasteiger partial charge in [-0.2, -0.15) is 0 Å². The lowest BCUT2D eigenvalue weighted by molar-refractivity contribution is 0.183. The van der Waals surface area contributed by atoms with E-state index in [0.717, 1.165) is 23.4 Å². The third-order valence-corrected chi connectivity index (χ3v) is 6.54. The highest BCUT2D eigenvalue weighted by molar-refractivity contribution is 7.89. The van der Waals surface area contributed by atoms with Crippen LogP contribution in [0.5, 0.6) is 5.75 Å². The maximum atomic E-state index is 12.4. The normalized spacial score (nSPS) is 15.5. The second kappa shape index (κ2) is 10.0. The van der Waals surface area contributed by atoms with Gasteiger partial charge in [0.05, 0.1) is 4.90 Å². The van der Waals surface area contributed by atoms with Crippen LogP contribution in [-0.4, -0.2) is 46.1 Å². The highest BCUT2D eigenvalue weighted by atomic mass is 32.2. The molecule has 2 aromatic carbocycles. The lowest BCUT2D eigenvalue weighted by Crippen LogP contribution is -2.33. The van der Waals surface area contributed by atoms with Crippen molar-refractivity contribution in [3.8, 4) is 5.75 Å². The Hall–Kier alpha value is -1.89. The van der Waals surface area contributed by atoms with Crippen LogP contribution in [0.4, 0.5) is 0 Å². The van der Waals surface area contributed by atoms with Gasteiger partial charge in [-0.1, -0.05) is 36.2 Å². The van der Waals surface area contributed by atoms with Crippen LogP contribution in [0.15, 0.2) is 53.4 Å². The summed E-state index contributed by atoms with van der Waals surface area (Å²) in [6.45, 7) is 6.28. The number of hydrogen-bond donors (Lipinski definition) is 1. The average molecular weight is 403 g/mol. The number of aryl methyl sites for hydroxylation is 1. The zero-order valence-electron chi connectivity index (χ0n) is 16.6. The van der Waals surface area contributed by atoms with Gasteiger partial charge in [0.15, 0.2) is 0 Å². The number of hydrogen-bond acceptors (Lipinski definition) is 4. The highest BCUT2D eigenvalue weighted by Crippen LogP contribution is 2.15. The molecule has 0 atom stereocenters. The molecule has 1 saturated heterocycles. The number of piperidine rings is 1. The summed E-state index contributed by atoms with van der Waals surface area (Å²) < 4.78 is 33.3. The molecule has 3 rings (SSSR count). The van der Waals surface area contributed by atoms with Crippen molar-refractivity contribution in [2.24, 2.45) is 0 Å². The molecular formula is C22H30N2O3S. The molecule has 28 heavy (non-hydrogen) atoms. The smallest absolute Gasteiger partial charge is 0.240 e. The summed E-state index contributed by atoms with van der Waals surface area (Å²) in [5.41, 5.74) is 2.10. The topological polar surface area (TPSA) is 58.6 Å². The van der Waals surface area contributed by atoms with E-state index in [1.54, 1.807) is 24.3 Å². The molecule has 1 aliphatic heterocycles. The molecule has 1 aliphatic rings. The molecule has 2 aromatic rings. The number of ether oxygens (including phenoxy) is 1. The van der Waals surface area contributed by atoms with E-state index in [1.165, 1.54) is 32.4 Å². The zero-order valence-corrected chi connectivity index (χ0v) is 17.4. The molecule has 0 aromatic heterocycles. The minimum Gasteiger partial charge on any atom is -0.492 e. The van der Waals surface area contributed by atoms with Gasteiger partial charge in [0.2, 0.25) is 10.0 Å². The van der Waals surface area contributed by atoms with E-state index in [9.17, 15) is 8.42 Å². The van der Waals surface area contributed by atoms with E-state index >= 15 is 0 Å². The second-order valence-corrected chi connectivity index (χ2v) is 9.13. The average Bonchev–Trinajstić information content (AvgIpc) is 2.69. The van der Waals surface area contributed by atoms with Crippen LogP contribution in [0.25, 0.3) is 0 Å². The molecule has 5 nitrogen and oxygen atoms in total. The minimum atomic E-state index is -3.47. The zero-order chi connectivity index (χ0) is 19.8. The Bertz CT molecular complexity index is 844. The molecule has 1 fully saturated rings. The fourth-order valence-electron chi connectivity index (χ4n) is 3.40. The van der Waals surface area contributed by atoms with Crippen LogP contribution >= 0.6 is 0 Å². The highest BCUT2D eigenvalue weighted by Gasteiger charge is 2.13. The van der Waals surface area contributed by atoms with Crippen molar-refractivity contribution in [2.75, 3.05) is 32.8 Å². The maximum absolute atomic E-state index is 12.4. The summed E-state index contributed by atoms with van der Waals surface area (Å²) in [6, 6.07) is 14.8. The van der Waals surface area contributed by atoms with Crippen LogP contribution < -0.4 is 9.46 Å². The van der Waals surface area contributed by atoms with Gasteiger partial charge in [-0.3, -0.25) is 4.90 Å². The van der Waals surface area contributed by atoms with Gasteiger partial charge in [-0.05, 0) is 69.1 Å². The van der Waals surface area contributed by atoms with Crippen molar-refractivity contribution in [1.82, 2.24) is 9.62 Å². The molecule has 0 saturated carbocycles. The van der Waals surface area contributed by atoms with Crippen molar-refractivity contribution in [1.29, 1.82) is 0 Å². The Balaban J connectivity index is 1.45. The monoisotopic (exact) mass is 402 g/mol. The first kappa shape index (κ1) is 20.8. The Morgan fingerprint density at radius 1 is 1.04 bits per heavy atom. The van der Waals surface area contributed by atoms with E-state index < -0.39 is 10.0 Å². The quantitative estimate of drug-likeness (QED) is 0.699. The molecule has 1 heterocycles. The standard InChI is InChI=1S/C22H30N2O3S/c1-19-8-10-22(11-9-19)28(25,26)23-13-12-20-6-5-7-21(18-20)27-17-16-24-14-3-2-4-15-24/h5-11,18,23H,2-4,12-17H2,1H3. The van der Waals surface area contributed by atoms with Crippen LogP contribution in [-0.2, 0) is 16.4 Å². The summed E-state index contributed by atoms with van der Waals surface area (Å²) in [5.74, 6) is 0.843. The van der Waals surface area contributed by atoms with Gasteiger partial charge in [0.1, 0.15) is 12.4 Å². The lowest BCUT2D eigenvalue weighted by atomic mass is 10.1. The predicted octanol–water partition coefficient (Wildman–Crippen LogP) is 3.38. The van der Waals surface area contributed by atoms with Crippen molar-refractivity contribution < 1.29 is 13.2 Å². The van der Waals surface area contributed by atoms with Crippen molar-refractivity contribution in [2.45, 2.75) is 37.5 Å². The van der Waals surface area contributed by atoms with Crippen LogP contribution in [0.3, 0.4) is 0 Å². The van der Waals surface area contributed by atoms with Gasteiger partial charge in [0, 0.05) is 13.1 Å². The number of likely N-dealkylation sites (tertiary alicyclic amines) is 1. The SMILES string of the molecule is Cc1ccc(S(=O)(=O)NCCc2cccc(OCCN3CCCCC3)c2)cc1. The summed E-state index contributed by atoms with van der Waals surface area (Å²) in [6.07, 6.45) is 4.53. The number of rotatable bonds is 9. The summed E-state index contributed by atoms with van der Waals surface area (Å²) in [5, 5.41) is 0. The van der Waals surface area contributed by atoms with Crippen LogP contribution in [0.2, 0.25) is 0 Å². The van der Waals surface area contributed by atoms with Gasteiger partial charge in [-0.25, -0.2) is 13.1 Å². The second-order valence-electron chi connectivity index (χ2n) is 7.36. The third kappa shape index (κ3) is 6.33. The lowest BCUT2D eigenvalue weighted by Gasteiger charge is -2.26. The molecule has 0 amide bonds. The van der Waals surface area contributed by atoms with E-state index in [2.05, 4.69) is 9.62 Å².